The summed E-state index contributed by atoms with van der Waals surface area (Å²) in [6.07, 6.45) is 0. The maximum Gasteiger partial charge on any atom is 0.193 e. The van der Waals surface area contributed by atoms with E-state index in [1.54, 1.807) is 0 Å². The summed E-state index contributed by atoms with van der Waals surface area (Å²) in [5.41, 5.74) is 0. The summed E-state index contributed by atoms with van der Waals surface area (Å²) < 4.78 is 5.52. The van der Waals surface area contributed by atoms with E-state index < -0.39 is 8.32 Å². The predicted octanol–water partition coefficient (Wildman–Crippen LogP) is 2.53. The summed E-state index contributed by atoms with van der Waals surface area (Å²) in [6, 6.07) is 2.01. The third kappa shape index (κ3) is 3.04. The molecule has 0 aromatic carbocycles. The molecule has 0 aliphatic rings. The molecule has 0 N–H and O–H groups in total. The van der Waals surface area contributed by atoms with Crippen LogP contribution in [-0.2, 0) is 4.43 Å². The molecule has 0 rings (SSSR count). The van der Waals surface area contributed by atoms with Crippen LogP contribution in [0.25, 0.3) is 0 Å². The molecule has 0 unspecified atom stereocenters. The van der Waals surface area contributed by atoms with Crippen LogP contribution in [0, 0.1) is 11.3 Å². The van der Waals surface area contributed by atoms with E-state index in [2.05, 4.69) is 33.9 Å². The molecule has 0 spiro atoms. The maximum absolute atomic E-state index is 8.34. The second-order valence-corrected chi connectivity index (χ2v) is 9.02. The zero-order chi connectivity index (χ0) is 9.12. The van der Waals surface area contributed by atoms with E-state index in [1.807, 2.05) is 6.07 Å². The molecule has 0 heterocycles. The van der Waals surface area contributed by atoms with Crippen molar-refractivity contribution in [1.82, 2.24) is 0 Å². The average molecular weight is 171 g/mol. The Bertz CT molecular complexity index is 164. The predicted molar refractivity (Wildman–Crippen MR) is 48.8 cm³/mol. The van der Waals surface area contributed by atoms with Crippen LogP contribution in [0.2, 0.25) is 18.1 Å². The van der Waals surface area contributed by atoms with E-state index in [0.717, 1.165) is 0 Å². The van der Waals surface area contributed by atoms with Crippen LogP contribution in [0.1, 0.15) is 20.8 Å². The van der Waals surface area contributed by atoms with E-state index in [0.29, 0.717) is 0 Å². The monoisotopic (exact) mass is 171 g/mol. The summed E-state index contributed by atoms with van der Waals surface area (Å²) >= 11 is 0. The van der Waals surface area contributed by atoms with Crippen molar-refractivity contribution in [3.63, 3.8) is 0 Å². The highest BCUT2D eigenvalue weighted by Gasteiger charge is 2.36. The molecule has 3 heteroatoms. The van der Waals surface area contributed by atoms with Gasteiger partial charge in [0.1, 0.15) is 6.61 Å². The Morgan fingerprint density at radius 3 is 2.09 bits per heavy atom. The maximum atomic E-state index is 8.34. The van der Waals surface area contributed by atoms with Crippen LogP contribution >= 0.6 is 0 Å². The van der Waals surface area contributed by atoms with Gasteiger partial charge in [-0.15, -0.1) is 0 Å². The first kappa shape index (κ1) is 10.7. The molecule has 0 fully saturated rings. The minimum atomic E-state index is -1.65. The first-order valence-corrected chi connectivity index (χ1v) is 6.73. The van der Waals surface area contributed by atoms with Crippen LogP contribution in [0.4, 0.5) is 0 Å². The zero-order valence-corrected chi connectivity index (χ0v) is 9.06. The van der Waals surface area contributed by atoms with Gasteiger partial charge in [0.15, 0.2) is 8.32 Å². The Balaban J connectivity index is 4.13. The van der Waals surface area contributed by atoms with Crippen LogP contribution in [0.15, 0.2) is 0 Å². The normalized spacial score (nSPS) is 12.7. The van der Waals surface area contributed by atoms with Crippen molar-refractivity contribution in [2.45, 2.75) is 38.9 Å². The number of hydrogen-bond acceptors (Lipinski definition) is 2. The van der Waals surface area contributed by atoms with Crippen molar-refractivity contribution in [1.29, 1.82) is 5.26 Å². The largest absolute Gasteiger partial charge is 0.404 e. The van der Waals surface area contributed by atoms with Crippen LogP contribution in [0.3, 0.4) is 0 Å². The molecular formula is C8H17NOSi. The zero-order valence-electron chi connectivity index (χ0n) is 8.06. The fraction of sp³-hybridized carbons (Fsp3) is 0.875. The van der Waals surface area contributed by atoms with Gasteiger partial charge in [-0.05, 0) is 18.1 Å². The molecule has 0 bridgehead atoms. The highest BCUT2D eigenvalue weighted by molar-refractivity contribution is 6.74. The molecule has 0 aliphatic carbocycles. The Morgan fingerprint density at radius 1 is 1.36 bits per heavy atom. The van der Waals surface area contributed by atoms with Crippen molar-refractivity contribution in [3.8, 4) is 6.07 Å². The highest BCUT2D eigenvalue weighted by atomic mass is 28.4. The van der Waals surface area contributed by atoms with Gasteiger partial charge in [-0.2, -0.15) is 5.26 Å². The van der Waals surface area contributed by atoms with Crippen LogP contribution in [-0.4, -0.2) is 14.9 Å². The van der Waals surface area contributed by atoms with Gasteiger partial charge >= 0.3 is 0 Å². The molecule has 0 saturated heterocycles. The fourth-order valence-corrected chi connectivity index (χ4v) is 1.29. The minimum Gasteiger partial charge on any atom is -0.404 e. The lowest BCUT2D eigenvalue weighted by molar-refractivity contribution is 0.332. The summed E-state index contributed by atoms with van der Waals surface area (Å²) in [6.45, 7) is 11.0. The van der Waals surface area contributed by atoms with Crippen LogP contribution in [0.5, 0.6) is 0 Å². The van der Waals surface area contributed by atoms with Gasteiger partial charge in [0, 0.05) is 0 Å². The molecule has 0 radical (unpaired) electrons. The first-order chi connectivity index (χ1) is 4.81. The molecule has 0 amide bonds. The van der Waals surface area contributed by atoms with Crippen LogP contribution < -0.4 is 0 Å². The summed E-state index contributed by atoms with van der Waals surface area (Å²) in [5, 5.41) is 8.55. The molecule has 2 nitrogen and oxygen atoms in total. The topological polar surface area (TPSA) is 33.0 Å². The lowest BCUT2D eigenvalue weighted by Crippen LogP contribution is -2.40. The van der Waals surface area contributed by atoms with Gasteiger partial charge in [-0.25, -0.2) is 0 Å². The van der Waals surface area contributed by atoms with Gasteiger partial charge in [0.05, 0.1) is 6.07 Å². The molecule has 0 aliphatic heterocycles. The molecule has 0 aromatic rings. The van der Waals surface area contributed by atoms with Gasteiger partial charge in [-0.1, -0.05) is 20.8 Å². The highest BCUT2D eigenvalue weighted by Crippen LogP contribution is 2.36. The Kier molecular flexibility index (Phi) is 3.27. The van der Waals surface area contributed by atoms with Gasteiger partial charge in [0.2, 0.25) is 0 Å². The van der Waals surface area contributed by atoms with Crippen molar-refractivity contribution < 1.29 is 4.43 Å². The quantitative estimate of drug-likeness (QED) is 0.598. The SMILES string of the molecule is CC(C)(C)[Si](C)(C)OCC#N. The fourth-order valence-electron chi connectivity index (χ4n) is 0.429. The number of nitriles is 1. The van der Waals surface area contributed by atoms with E-state index in [-0.39, 0.29) is 11.6 Å². The van der Waals surface area contributed by atoms with Crippen molar-refractivity contribution in [2.24, 2.45) is 0 Å². The second-order valence-electron chi connectivity index (χ2n) is 4.21. The third-order valence-corrected chi connectivity index (χ3v) is 6.78. The Morgan fingerprint density at radius 2 is 1.82 bits per heavy atom. The number of rotatable bonds is 2. The van der Waals surface area contributed by atoms with E-state index in [1.165, 1.54) is 0 Å². The third-order valence-electron chi connectivity index (χ3n) is 2.30. The average Bonchev–Trinajstić information content (AvgIpc) is 1.81. The first-order valence-electron chi connectivity index (χ1n) is 3.82. The standard InChI is InChI=1S/C8H17NOSi/c1-8(2,3)11(4,5)10-7-6-9/h7H2,1-5H3. The summed E-state index contributed by atoms with van der Waals surface area (Å²) in [5.74, 6) is 0. The summed E-state index contributed by atoms with van der Waals surface area (Å²) in [4.78, 5) is 0. The number of hydrogen-bond donors (Lipinski definition) is 0. The van der Waals surface area contributed by atoms with Gasteiger partial charge < -0.3 is 4.43 Å². The summed E-state index contributed by atoms with van der Waals surface area (Å²) in [7, 11) is -1.65. The van der Waals surface area contributed by atoms with Crippen molar-refractivity contribution in [3.05, 3.63) is 0 Å². The smallest absolute Gasteiger partial charge is 0.193 e. The Hall–Kier alpha value is -0.333. The lowest BCUT2D eigenvalue weighted by Gasteiger charge is -2.35. The minimum absolute atomic E-state index is 0.212. The molecular weight excluding hydrogens is 154 g/mol. The lowest BCUT2D eigenvalue weighted by atomic mass is 10.2. The second kappa shape index (κ2) is 3.38. The van der Waals surface area contributed by atoms with Gasteiger partial charge in [0.25, 0.3) is 0 Å². The molecule has 0 atom stereocenters. The molecule has 0 saturated carbocycles. The number of nitrogens with zero attached hydrogens (tertiary/aromatic N) is 1. The van der Waals surface area contributed by atoms with E-state index in [9.17, 15) is 0 Å². The molecule has 64 valence electrons. The van der Waals surface area contributed by atoms with E-state index in [4.69, 9.17) is 9.69 Å². The molecule has 11 heavy (non-hydrogen) atoms. The van der Waals surface area contributed by atoms with Gasteiger partial charge in [-0.3, -0.25) is 0 Å². The molecule has 0 aromatic heterocycles. The van der Waals surface area contributed by atoms with Crippen molar-refractivity contribution in [2.75, 3.05) is 6.61 Å². The van der Waals surface area contributed by atoms with E-state index >= 15 is 0 Å². The van der Waals surface area contributed by atoms with Crippen molar-refractivity contribution >= 4 is 8.32 Å². The Labute approximate surface area is 70.3 Å².